The Morgan fingerprint density at radius 2 is 2.00 bits per heavy atom. The molecule has 4 heteroatoms. The van der Waals surface area contributed by atoms with Crippen LogP contribution < -0.4 is 0 Å². The van der Waals surface area contributed by atoms with Crippen LogP contribution in [-0.4, -0.2) is 34.1 Å². The molecular weight excluding hydrogens is 401 g/mol. The van der Waals surface area contributed by atoms with Gasteiger partial charge in [0.05, 0.1) is 12.5 Å². The molecule has 0 bridgehead atoms. The van der Waals surface area contributed by atoms with E-state index in [4.69, 9.17) is 0 Å². The maximum Gasteiger partial charge on any atom is 0.225 e. The minimum absolute atomic E-state index is 0.0349. The van der Waals surface area contributed by atoms with Crippen molar-refractivity contribution in [2.24, 2.45) is 23.2 Å². The van der Waals surface area contributed by atoms with E-state index >= 15 is 0 Å². The zero-order chi connectivity index (χ0) is 16.4. The summed E-state index contributed by atoms with van der Waals surface area (Å²) < 4.78 is 1.57. The molecule has 0 radical (unpaired) electrons. The first-order chi connectivity index (χ1) is 10.9. The molecule has 2 aliphatic heterocycles. The van der Waals surface area contributed by atoms with Crippen LogP contribution in [0, 0.1) is 23.2 Å². The molecule has 2 heterocycles. The van der Waals surface area contributed by atoms with Crippen molar-refractivity contribution in [3.8, 4) is 0 Å². The van der Waals surface area contributed by atoms with Gasteiger partial charge in [0.2, 0.25) is 5.91 Å². The normalized spacial score (nSPS) is 49.8. The van der Waals surface area contributed by atoms with Crippen molar-refractivity contribution in [2.45, 2.75) is 70.4 Å². The Hall–Kier alpha value is -0.100. The predicted molar refractivity (Wildman–Crippen MR) is 99.1 cm³/mol. The molecule has 23 heavy (non-hydrogen) atoms. The van der Waals surface area contributed by atoms with Crippen molar-refractivity contribution < 1.29 is 9.90 Å². The lowest BCUT2D eigenvalue weighted by Gasteiger charge is -2.59. The van der Waals surface area contributed by atoms with Gasteiger partial charge in [0, 0.05) is 17.5 Å². The van der Waals surface area contributed by atoms with Gasteiger partial charge >= 0.3 is 0 Å². The Kier molecular flexibility index (Phi) is 3.88. The maximum atomic E-state index is 12.6. The Morgan fingerprint density at radius 1 is 1.22 bits per heavy atom. The first-order valence-corrected chi connectivity index (χ1v) is 10.3. The minimum Gasteiger partial charge on any atom is -0.393 e. The molecule has 2 saturated heterocycles. The lowest BCUT2D eigenvalue weighted by Crippen LogP contribution is -2.62. The second-order valence-electron chi connectivity index (χ2n) is 8.71. The van der Waals surface area contributed by atoms with Crippen molar-refractivity contribution in [3.05, 3.63) is 9.66 Å². The molecule has 1 N–H and O–H groups in total. The number of nitrogens with zero attached hydrogens (tertiary/aromatic N) is 1. The topological polar surface area (TPSA) is 40.5 Å². The predicted octanol–water partition coefficient (Wildman–Crippen LogP) is 3.89. The van der Waals surface area contributed by atoms with Gasteiger partial charge < -0.3 is 10.0 Å². The first kappa shape index (κ1) is 16.4. The maximum absolute atomic E-state index is 12.6. The second-order valence-corrected chi connectivity index (χ2v) is 9.87. The fourth-order valence-electron chi connectivity index (χ4n) is 6.31. The van der Waals surface area contributed by atoms with E-state index < -0.39 is 6.10 Å². The molecule has 0 spiro atoms. The van der Waals surface area contributed by atoms with Crippen LogP contribution in [0.2, 0.25) is 0 Å². The van der Waals surface area contributed by atoms with Gasteiger partial charge in [-0.25, -0.2) is 0 Å². The summed E-state index contributed by atoms with van der Waals surface area (Å²) in [6.45, 7) is 5.68. The number of carbonyl (C=O) groups is 1. The molecule has 128 valence electrons. The zero-order valence-electron chi connectivity index (χ0n) is 14.2. The number of hydrogen-bond donors (Lipinski definition) is 1. The van der Waals surface area contributed by atoms with E-state index in [0.29, 0.717) is 17.8 Å². The zero-order valence-corrected chi connectivity index (χ0v) is 16.4. The monoisotopic (exact) mass is 429 g/mol. The molecule has 3 nitrogen and oxygen atoms in total. The highest BCUT2D eigenvalue weighted by Crippen LogP contribution is 2.62. The molecule has 4 aliphatic rings. The van der Waals surface area contributed by atoms with Gasteiger partial charge in [-0.05, 0) is 89.4 Å². The van der Waals surface area contributed by atoms with Gasteiger partial charge in [-0.2, -0.15) is 0 Å². The largest absolute Gasteiger partial charge is 0.393 e. The van der Waals surface area contributed by atoms with E-state index in [0.717, 1.165) is 37.6 Å². The van der Waals surface area contributed by atoms with E-state index in [1.807, 2.05) is 0 Å². The van der Waals surface area contributed by atoms with Crippen LogP contribution in [0.1, 0.15) is 58.8 Å². The summed E-state index contributed by atoms with van der Waals surface area (Å²) in [6.07, 6.45) is 8.96. The Morgan fingerprint density at radius 3 is 2.78 bits per heavy atom. The van der Waals surface area contributed by atoms with Crippen molar-refractivity contribution >= 4 is 28.5 Å². The van der Waals surface area contributed by atoms with Crippen LogP contribution >= 0.6 is 22.6 Å². The fraction of sp³-hybridized carbons (Fsp3) is 0.842. The van der Waals surface area contributed by atoms with Crippen LogP contribution in [0.4, 0.5) is 0 Å². The highest BCUT2D eigenvalue weighted by Gasteiger charge is 2.58. The number of amides is 1. The van der Waals surface area contributed by atoms with Crippen molar-refractivity contribution in [1.29, 1.82) is 0 Å². The van der Waals surface area contributed by atoms with Crippen LogP contribution in [0.5, 0.6) is 0 Å². The van der Waals surface area contributed by atoms with Crippen LogP contribution in [-0.2, 0) is 4.79 Å². The van der Waals surface area contributed by atoms with Gasteiger partial charge in [0.15, 0.2) is 0 Å². The number of halogens is 1. The molecule has 0 aromatic carbocycles. The lowest BCUT2D eigenvalue weighted by atomic mass is 9.53. The van der Waals surface area contributed by atoms with Gasteiger partial charge in [0.1, 0.15) is 0 Å². The van der Waals surface area contributed by atoms with E-state index in [1.54, 1.807) is 3.58 Å². The van der Waals surface area contributed by atoms with Crippen LogP contribution in [0.25, 0.3) is 0 Å². The summed E-state index contributed by atoms with van der Waals surface area (Å²) in [5, 5.41) is 10.1. The number of hydrogen-bond acceptors (Lipinski definition) is 2. The Balaban J connectivity index is 1.67. The van der Waals surface area contributed by atoms with E-state index in [-0.39, 0.29) is 11.4 Å². The Labute approximate surface area is 153 Å². The summed E-state index contributed by atoms with van der Waals surface area (Å²) in [7, 11) is 0. The van der Waals surface area contributed by atoms with Gasteiger partial charge in [-0.3, -0.25) is 4.79 Å². The van der Waals surface area contributed by atoms with Crippen LogP contribution in [0.15, 0.2) is 9.66 Å². The number of aliphatic hydroxyl groups is 1. The number of allylic oxidation sites excluding steroid dienone is 2. The van der Waals surface area contributed by atoms with Gasteiger partial charge in [-0.15, -0.1) is 0 Å². The summed E-state index contributed by atoms with van der Waals surface area (Å²) in [5.74, 6) is 2.29. The average Bonchev–Trinajstić information content (AvgIpc) is 2.75. The highest BCUT2D eigenvalue weighted by molar-refractivity contribution is 14.1. The average molecular weight is 429 g/mol. The van der Waals surface area contributed by atoms with E-state index in [9.17, 15) is 9.90 Å². The van der Waals surface area contributed by atoms with E-state index in [2.05, 4.69) is 47.4 Å². The van der Waals surface area contributed by atoms with E-state index in [1.165, 1.54) is 19.3 Å². The lowest BCUT2D eigenvalue weighted by molar-refractivity contribution is -0.150. The van der Waals surface area contributed by atoms with Crippen LogP contribution in [0.3, 0.4) is 0 Å². The Bertz CT molecular complexity index is 562. The standard InChI is InChI=1S/C19H28INO2/c1-18-8-6-15-13(14(18)3-4-16(18)20)7-10-21-17(23)11-12(22)5-9-19(15,21)2/h4,12-15,22H,3,5-11H2,1-2H3/t12?,13-,14-,15-,18-,19+/m0/s1. The molecular formula is C19H28INO2. The summed E-state index contributed by atoms with van der Waals surface area (Å²) in [6, 6.07) is 0. The summed E-state index contributed by atoms with van der Waals surface area (Å²) >= 11 is 2.56. The number of carbonyl (C=O) groups excluding carboxylic acids is 1. The SMILES string of the molecule is C[C@]12CC[C@H]3[C@@H](CCN4C(=O)CC(O)CC[C@]34C)[C@@H]1CC=C2I. The molecule has 6 atom stereocenters. The van der Waals surface area contributed by atoms with Crippen molar-refractivity contribution in [1.82, 2.24) is 4.90 Å². The molecule has 2 aliphatic carbocycles. The number of rotatable bonds is 0. The molecule has 0 aromatic heterocycles. The van der Waals surface area contributed by atoms with Gasteiger partial charge in [0.25, 0.3) is 0 Å². The van der Waals surface area contributed by atoms with Gasteiger partial charge in [-0.1, -0.05) is 13.0 Å². The molecule has 0 aromatic rings. The molecule has 3 fully saturated rings. The second kappa shape index (κ2) is 5.45. The minimum atomic E-state index is -0.439. The summed E-state index contributed by atoms with van der Waals surface area (Å²) in [4.78, 5) is 14.8. The third kappa shape index (κ3) is 2.26. The first-order valence-electron chi connectivity index (χ1n) is 9.21. The molecule has 4 rings (SSSR count). The quantitative estimate of drug-likeness (QED) is 0.594. The summed E-state index contributed by atoms with van der Waals surface area (Å²) in [5.41, 5.74) is 0.349. The smallest absolute Gasteiger partial charge is 0.225 e. The van der Waals surface area contributed by atoms with Crippen molar-refractivity contribution in [3.63, 3.8) is 0 Å². The number of aliphatic hydroxyl groups excluding tert-OH is 1. The van der Waals surface area contributed by atoms with Crippen molar-refractivity contribution in [2.75, 3.05) is 6.54 Å². The highest BCUT2D eigenvalue weighted by atomic mass is 127. The number of fused-ring (bicyclic) bond motifs is 5. The third-order valence-electron chi connectivity index (χ3n) is 7.72. The fourth-order valence-corrected chi connectivity index (χ4v) is 7.24. The number of piperidine rings is 1. The molecule has 1 saturated carbocycles. The molecule has 1 amide bonds. The third-order valence-corrected chi connectivity index (χ3v) is 9.39. The molecule has 1 unspecified atom stereocenters.